The Morgan fingerprint density at radius 1 is 1.27 bits per heavy atom. The lowest BCUT2D eigenvalue weighted by Crippen LogP contribution is -2.06. The molecule has 3 heteroatoms. The molecule has 1 rings (SSSR count). The van der Waals surface area contributed by atoms with Gasteiger partial charge in [0, 0.05) is 18.8 Å². The smallest absolute Gasteiger partial charge is 0.108 e. The molecule has 3 nitrogen and oxygen atoms in total. The zero-order chi connectivity index (χ0) is 11.3. The highest BCUT2D eigenvalue weighted by Gasteiger charge is 2.02. The number of rotatable bonds is 3. The van der Waals surface area contributed by atoms with Crippen LogP contribution in [0.15, 0.2) is 34.4 Å². The zero-order valence-corrected chi connectivity index (χ0v) is 9.44. The second-order valence-electron chi connectivity index (χ2n) is 3.68. The summed E-state index contributed by atoms with van der Waals surface area (Å²) in [6, 6.07) is 8.22. The van der Waals surface area contributed by atoms with Crippen LogP contribution in [0.25, 0.3) is 0 Å². The van der Waals surface area contributed by atoms with E-state index in [1.165, 1.54) is 5.56 Å². The molecule has 1 aromatic rings. The minimum Gasteiger partial charge on any atom is -0.323 e. The van der Waals surface area contributed by atoms with Crippen molar-refractivity contribution in [3.63, 3.8) is 0 Å². The van der Waals surface area contributed by atoms with Gasteiger partial charge < -0.3 is 5.84 Å². The third-order valence-corrected chi connectivity index (χ3v) is 2.26. The van der Waals surface area contributed by atoms with E-state index in [4.69, 9.17) is 5.84 Å². The monoisotopic (exact) mass is 203 g/mol. The molecular formula is C12H17N3. The predicted molar refractivity (Wildman–Crippen MR) is 65.7 cm³/mol. The molecule has 0 aromatic heterocycles. The van der Waals surface area contributed by atoms with Gasteiger partial charge in [-0.05, 0) is 11.5 Å². The minimum absolute atomic E-state index is 0.539. The summed E-state index contributed by atoms with van der Waals surface area (Å²) in [5.41, 5.74) is 3.00. The van der Waals surface area contributed by atoms with Crippen molar-refractivity contribution >= 4 is 11.9 Å². The largest absolute Gasteiger partial charge is 0.323 e. The molecule has 0 amide bonds. The summed E-state index contributed by atoms with van der Waals surface area (Å²) in [5.74, 6) is 5.82. The van der Waals surface area contributed by atoms with Crippen LogP contribution in [0.3, 0.4) is 0 Å². The Hall–Kier alpha value is -1.64. The van der Waals surface area contributed by atoms with E-state index in [0.717, 1.165) is 5.56 Å². The van der Waals surface area contributed by atoms with E-state index in [1.807, 2.05) is 12.1 Å². The van der Waals surface area contributed by atoms with Gasteiger partial charge in [-0.3, -0.25) is 4.99 Å². The van der Waals surface area contributed by atoms with Crippen molar-refractivity contribution in [3.05, 3.63) is 35.4 Å². The molecule has 80 valence electrons. The Bertz CT molecular complexity index is 361. The molecule has 0 fully saturated rings. The fraction of sp³-hybridized carbons (Fsp3) is 0.333. The van der Waals surface area contributed by atoms with Gasteiger partial charge in [0.15, 0.2) is 0 Å². The van der Waals surface area contributed by atoms with E-state index < -0.39 is 0 Å². The van der Waals surface area contributed by atoms with E-state index in [9.17, 15) is 0 Å². The van der Waals surface area contributed by atoms with Gasteiger partial charge in [-0.2, -0.15) is 5.10 Å². The molecular weight excluding hydrogens is 186 g/mol. The fourth-order valence-electron chi connectivity index (χ4n) is 1.34. The van der Waals surface area contributed by atoms with E-state index in [0.29, 0.717) is 11.6 Å². The van der Waals surface area contributed by atoms with Gasteiger partial charge in [0.2, 0.25) is 0 Å². The van der Waals surface area contributed by atoms with Gasteiger partial charge in [-0.25, -0.2) is 0 Å². The van der Waals surface area contributed by atoms with Crippen LogP contribution in [0.4, 0.5) is 0 Å². The van der Waals surface area contributed by atoms with Crippen molar-refractivity contribution in [1.82, 2.24) is 0 Å². The lowest BCUT2D eigenvalue weighted by molar-refractivity contribution is 0.866. The summed E-state index contributed by atoms with van der Waals surface area (Å²) in [7, 11) is 1.70. The third-order valence-electron chi connectivity index (χ3n) is 2.26. The van der Waals surface area contributed by atoms with Crippen molar-refractivity contribution < 1.29 is 0 Å². The van der Waals surface area contributed by atoms with Crippen LogP contribution in [0.2, 0.25) is 0 Å². The first kappa shape index (κ1) is 11.4. The Balaban J connectivity index is 2.97. The summed E-state index contributed by atoms with van der Waals surface area (Å²) in [6.07, 6.45) is 1.66. The molecule has 0 radical (unpaired) electrons. The first-order chi connectivity index (χ1) is 7.19. The van der Waals surface area contributed by atoms with Gasteiger partial charge >= 0.3 is 0 Å². The molecule has 0 aliphatic rings. The third kappa shape index (κ3) is 2.91. The molecule has 0 saturated carbocycles. The van der Waals surface area contributed by atoms with E-state index >= 15 is 0 Å². The quantitative estimate of drug-likeness (QED) is 0.457. The second-order valence-corrected chi connectivity index (χ2v) is 3.68. The number of nitrogens with zero attached hydrogens (tertiary/aromatic N) is 2. The summed E-state index contributed by atoms with van der Waals surface area (Å²) >= 11 is 0. The summed E-state index contributed by atoms with van der Waals surface area (Å²) in [6.45, 7) is 4.33. The molecule has 2 N–H and O–H groups in total. The van der Waals surface area contributed by atoms with Crippen LogP contribution < -0.4 is 5.84 Å². The number of aliphatic imine (C=N–C) groups is 1. The van der Waals surface area contributed by atoms with Gasteiger partial charge in [0.25, 0.3) is 0 Å². The molecule has 0 unspecified atom stereocenters. The SMILES string of the molecule is CN=C/C(=N\N)c1ccc(C(C)C)cc1. The summed E-state index contributed by atoms with van der Waals surface area (Å²) < 4.78 is 0. The van der Waals surface area contributed by atoms with Gasteiger partial charge in [0.1, 0.15) is 5.71 Å². The molecule has 0 bridgehead atoms. The zero-order valence-electron chi connectivity index (χ0n) is 9.44. The highest BCUT2D eigenvalue weighted by atomic mass is 15.1. The van der Waals surface area contributed by atoms with Gasteiger partial charge in [-0.15, -0.1) is 0 Å². The summed E-state index contributed by atoms with van der Waals surface area (Å²) in [5, 5.41) is 3.69. The van der Waals surface area contributed by atoms with Gasteiger partial charge in [-0.1, -0.05) is 38.1 Å². The lowest BCUT2D eigenvalue weighted by Gasteiger charge is -2.06. The molecule has 0 atom stereocenters. The van der Waals surface area contributed by atoms with Gasteiger partial charge in [0.05, 0.1) is 0 Å². The lowest BCUT2D eigenvalue weighted by atomic mass is 10.0. The van der Waals surface area contributed by atoms with Crippen LogP contribution in [0.1, 0.15) is 30.9 Å². The normalized spacial score (nSPS) is 12.7. The Morgan fingerprint density at radius 3 is 2.27 bits per heavy atom. The molecule has 0 aliphatic heterocycles. The molecule has 0 heterocycles. The Labute approximate surface area is 90.7 Å². The van der Waals surface area contributed by atoms with Crippen molar-refractivity contribution in [1.29, 1.82) is 0 Å². The standard InChI is InChI=1S/C12H17N3/c1-9(2)10-4-6-11(7-5-10)12(15-13)8-14-3/h4-9H,13H2,1-3H3/b14-8?,15-12+. The molecule has 1 aromatic carbocycles. The molecule has 0 aliphatic carbocycles. The maximum absolute atomic E-state index is 5.29. The highest BCUT2D eigenvalue weighted by molar-refractivity contribution is 6.38. The summed E-state index contributed by atoms with van der Waals surface area (Å²) in [4.78, 5) is 3.90. The fourth-order valence-corrected chi connectivity index (χ4v) is 1.34. The first-order valence-corrected chi connectivity index (χ1v) is 4.99. The average Bonchev–Trinajstić information content (AvgIpc) is 2.26. The predicted octanol–water partition coefficient (Wildman–Crippen LogP) is 2.17. The van der Waals surface area contributed by atoms with Crippen LogP contribution in [-0.4, -0.2) is 19.0 Å². The minimum atomic E-state index is 0.539. The van der Waals surface area contributed by atoms with E-state index in [1.54, 1.807) is 13.3 Å². The average molecular weight is 203 g/mol. The van der Waals surface area contributed by atoms with Crippen LogP contribution in [0, 0.1) is 0 Å². The molecule has 15 heavy (non-hydrogen) atoms. The topological polar surface area (TPSA) is 50.7 Å². The number of hydrogen-bond acceptors (Lipinski definition) is 3. The van der Waals surface area contributed by atoms with Crippen molar-refractivity contribution in [2.45, 2.75) is 19.8 Å². The van der Waals surface area contributed by atoms with Crippen molar-refractivity contribution in [3.8, 4) is 0 Å². The number of hydrazone groups is 1. The number of benzene rings is 1. The Kier molecular flexibility index (Phi) is 4.03. The van der Waals surface area contributed by atoms with Crippen LogP contribution >= 0.6 is 0 Å². The first-order valence-electron chi connectivity index (χ1n) is 4.99. The van der Waals surface area contributed by atoms with Crippen LogP contribution in [0.5, 0.6) is 0 Å². The maximum atomic E-state index is 5.29. The molecule has 0 spiro atoms. The number of hydrogen-bond donors (Lipinski definition) is 1. The number of nitrogens with two attached hydrogens (primary N) is 1. The molecule has 0 saturated heterocycles. The van der Waals surface area contributed by atoms with E-state index in [2.05, 4.69) is 36.1 Å². The van der Waals surface area contributed by atoms with Crippen LogP contribution in [-0.2, 0) is 0 Å². The second kappa shape index (κ2) is 5.29. The van der Waals surface area contributed by atoms with Crippen molar-refractivity contribution in [2.75, 3.05) is 7.05 Å². The maximum Gasteiger partial charge on any atom is 0.108 e. The van der Waals surface area contributed by atoms with E-state index in [-0.39, 0.29) is 0 Å². The Morgan fingerprint density at radius 2 is 1.87 bits per heavy atom. The van der Waals surface area contributed by atoms with Crippen molar-refractivity contribution in [2.24, 2.45) is 15.9 Å². The highest BCUT2D eigenvalue weighted by Crippen LogP contribution is 2.14.